The van der Waals surface area contributed by atoms with Gasteiger partial charge >= 0.3 is 0 Å². The Morgan fingerprint density at radius 3 is 2.86 bits per heavy atom. The van der Waals surface area contributed by atoms with Crippen molar-refractivity contribution >= 4 is 0 Å². The average Bonchev–Trinajstić information content (AvgIpc) is 2.28. The van der Waals surface area contributed by atoms with Gasteiger partial charge in [0.15, 0.2) is 0 Å². The molecule has 1 rings (SSSR count). The van der Waals surface area contributed by atoms with E-state index in [2.05, 4.69) is 0 Å². The summed E-state index contributed by atoms with van der Waals surface area (Å²) in [5, 5.41) is 10.1. The van der Waals surface area contributed by atoms with E-state index in [4.69, 9.17) is 9.47 Å². The van der Waals surface area contributed by atoms with E-state index in [0.29, 0.717) is 0 Å². The van der Waals surface area contributed by atoms with Gasteiger partial charge in [-0.2, -0.15) is 0 Å². The minimum atomic E-state index is -0.558. The molecule has 0 fully saturated rings. The number of aliphatic hydroxyl groups excluding tert-OH is 1. The number of ether oxygens (including phenoxy) is 2. The van der Waals surface area contributed by atoms with Crippen LogP contribution in [0.4, 0.5) is 0 Å². The van der Waals surface area contributed by atoms with E-state index in [1.54, 1.807) is 13.4 Å². The lowest BCUT2D eigenvalue weighted by atomic mass is 9.88. The van der Waals surface area contributed by atoms with Gasteiger partial charge in [0.05, 0.1) is 18.5 Å². The van der Waals surface area contributed by atoms with Crippen LogP contribution < -0.4 is 0 Å². The fourth-order valence-electron chi connectivity index (χ4n) is 1.63. The van der Waals surface area contributed by atoms with Crippen molar-refractivity contribution in [2.24, 2.45) is 0 Å². The molecule has 0 aromatic carbocycles. The van der Waals surface area contributed by atoms with Gasteiger partial charge in [0.25, 0.3) is 0 Å². The van der Waals surface area contributed by atoms with Crippen LogP contribution in [0.3, 0.4) is 0 Å². The quantitative estimate of drug-likeness (QED) is 0.752. The van der Waals surface area contributed by atoms with Gasteiger partial charge < -0.3 is 14.6 Å². The first kappa shape index (κ1) is 11.5. The molecule has 3 nitrogen and oxygen atoms in total. The summed E-state index contributed by atoms with van der Waals surface area (Å²) in [5.74, 6) is 0. The predicted octanol–water partition coefficient (Wildman–Crippen LogP) is 1.86. The Morgan fingerprint density at radius 2 is 2.43 bits per heavy atom. The molecular weight excluding hydrogens is 180 g/mol. The van der Waals surface area contributed by atoms with Crippen LogP contribution >= 0.6 is 0 Å². The Labute approximate surface area is 85.7 Å². The molecule has 0 spiro atoms. The zero-order valence-electron chi connectivity index (χ0n) is 9.25. The first-order chi connectivity index (χ1) is 6.64. The van der Waals surface area contributed by atoms with Crippen LogP contribution in [0.25, 0.3) is 0 Å². The molecule has 1 aliphatic heterocycles. The van der Waals surface area contributed by atoms with Crippen molar-refractivity contribution in [3.8, 4) is 0 Å². The van der Waals surface area contributed by atoms with Crippen molar-refractivity contribution in [3.63, 3.8) is 0 Å². The Hall–Kier alpha value is -0.540. The minimum absolute atomic E-state index is 0.494. The second kappa shape index (κ2) is 4.80. The molecule has 0 aliphatic carbocycles. The van der Waals surface area contributed by atoms with Crippen LogP contribution in [0.15, 0.2) is 11.8 Å². The topological polar surface area (TPSA) is 38.7 Å². The lowest BCUT2D eigenvalue weighted by Crippen LogP contribution is -2.42. The van der Waals surface area contributed by atoms with Gasteiger partial charge in [0.2, 0.25) is 0 Å². The zero-order chi connectivity index (χ0) is 10.6. The number of hydrogen-bond acceptors (Lipinski definition) is 3. The van der Waals surface area contributed by atoms with E-state index in [0.717, 1.165) is 31.4 Å². The molecule has 0 amide bonds. The number of rotatable bonds is 4. The first-order valence-corrected chi connectivity index (χ1v) is 5.18. The van der Waals surface area contributed by atoms with Crippen LogP contribution in [-0.2, 0) is 9.47 Å². The van der Waals surface area contributed by atoms with Gasteiger partial charge in [-0.3, -0.25) is 0 Å². The standard InChI is InChI=1S/C11H20O3/c1-4-11(2,13-3)10(12)9-6-5-7-14-8-9/h8,10,12H,4-7H2,1-3H3. The number of methoxy groups -OCH3 is 1. The number of aliphatic hydroxyl groups is 1. The first-order valence-electron chi connectivity index (χ1n) is 5.18. The average molecular weight is 200 g/mol. The van der Waals surface area contributed by atoms with Crippen molar-refractivity contribution in [1.82, 2.24) is 0 Å². The summed E-state index contributed by atoms with van der Waals surface area (Å²) in [4.78, 5) is 0. The largest absolute Gasteiger partial charge is 0.501 e. The summed E-state index contributed by atoms with van der Waals surface area (Å²) in [6.45, 7) is 4.69. The third kappa shape index (κ3) is 2.28. The van der Waals surface area contributed by atoms with Crippen molar-refractivity contribution < 1.29 is 14.6 Å². The second-order valence-electron chi connectivity index (χ2n) is 3.94. The van der Waals surface area contributed by atoms with Gasteiger partial charge in [-0.25, -0.2) is 0 Å². The van der Waals surface area contributed by atoms with Crippen molar-refractivity contribution in [2.45, 2.75) is 44.8 Å². The maximum absolute atomic E-state index is 10.1. The van der Waals surface area contributed by atoms with Crippen LogP contribution in [0.1, 0.15) is 33.1 Å². The van der Waals surface area contributed by atoms with Gasteiger partial charge in [0.1, 0.15) is 6.10 Å². The molecule has 2 unspecified atom stereocenters. The van der Waals surface area contributed by atoms with Crippen LogP contribution in [0.5, 0.6) is 0 Å². The fraction of sp³-hybridized carbons (Fsp3) is 0.818. The van der Waals surface area contributed by atoms with E-state index in [9.17, 15) is 5.11 Å². The Morgan fingerprint density at radius 1 is 1.71 bits per heavy atom. The summed E-state index contributed by atoms with van der Waals surface area (Å²) in [6, 6.07) is 0. The lowest BCUT2D eigenvalue weighted by molar-refractivity contribution is -0.0798. The zero-order valence-corrected chi connectivity index (χ0v) is 9.25. The third-order valence-corrected chi connectivity index (χ3v) is 3.06. The molecule has 0 aromatic heterocycles. The summed E-state index contributed by atoms with van der Waals surface area (Å²) in [7, 11) is 1.64. The molecule has 1 aliphatic rings. The highest BCUT2D eigenvalue weighted by molar-refractivity contribution is 5.12. The molecule has 1 N–H and O–H groups in total. The molecule has 82 valence electrons. The molecule has 14 heavy (non-hydrogen) atoms. The highest BCUT2D eigenvalue weighted by atomic mass is 16.5. The molecule has 3 heteroatoms. The van der Waals surface area contributed by atoms with E-state index < -0.39 is 11.7 Å². The van der Waals surface area contributed by atoms with Gasteiger partial charge in [0, 0.05) is 7.11 Å². The summed E-state index contributed by atoms with van der Waals surface area (Å²) >= 11 is 0. The molecule has 2 atom stereocenters. The van der Waals surface area contributed by atoms with E-state index in [1.807, 2.05) is 13.8 Å². The van der Waals surface area contributed by atoms with Gasteiger partial charge in [-0.1, -0.05) is 6.92 Å². The molecule has 0 saturated heterocycles. The van der Waals surface area contributed by atoms with Crippen LogP contribution in [-0.4, -0.2) is 30.5 Å². The normalized spacial score (nSPS) is 23.3. The fourth-order valence-corrected chi connectivity index (χ4v) is 1.63. The summed E-state index contributed by atoms with van der Waals surface area (Å²) in [5.41, 5.74) is 0.453. The SMILES string of the molecule is CCC(C)(OC)C(O)C1=COCCC1. The third-order valence-electron chi connectivity index (χ3n) is 3.06. The lowest BCUT2D eigenvalue weighted by Gasteiger charge is -2.34. The van der Waals surface area contributed by atoms with Crippen molar-refractivity contribution in [2.75, 3.05) is 13.7 Å². The molecule has 1 heterocycles. The Bertz CT molecular complexity index is 207. The highest BCUT2D eigenvalue weighted by Crippen LogP contribution is 2.28. The van der Waals surface area contributed by atoms with E-state index in [-0.39, 0.29) is 0 Å². The maximum atomic E-state index is 10.1. The predicted molar refractivity (Wildman–Crippen MR) is 55.0 cm³/mol. The highest BCUT2D eigenvalue weighted by Gasteiger charge is 2.34. The molecule has 0 saturated carbocycles. The van der Waals surface area contributed by atoms with Gasteiger partial charge in [-0.15, -0.1) is 0 Å². The van der Waals surface area contributed by atoms with Crippen LogP contribution in [0.2, 0.25) is 0 Å². The Balaban J connectivity index is 2.71. The molecular formula is C11H20O3. The maximum Gasteiger partial charge on any atom is 0.107 e. The second-order valence-corrected chi connectivity index (χ2v) is 3.94. The molecule has 0 radical (unpaired) electrons. The van der Waals surface area contributed by atoms with E-state index in [1.165, 1.54) is 0 Å². The Kier molecular flexibility index (Phi) is 3.96. The van der Waals surface area contributed by atoms with Crippen LogP contribution in [0, 0.1) is 0 Å². The van der Waals surface area contributed by atoms with Crippen molar-refractivity contribution in [1.29, 1.82) is 0 Å². The smallest absolute Gasteiger partial charge is 0.107 e. The summed E-state index contributed by atoms with van der Waals surface area (Å²) in [6.07, 6.45) is 3.79. The molecule has 0 aromatic rings. The van der Waals surface area contributed by atoms with E-state index >= 15 is 0 Å². The number of hydrogen-bond donors (Lipinski definition) is 1. The van der Waals surface area contributed by atoms with Crippen molar-refractivity contribution in [3.05, 3.63) is 11.8 Å². The van der Waals surface area contributed by atoms with Gasteiger partial charge in [-0.05, 0) is 31.8 Å². The summed E-state index contributed by atoms with van der Waals surface area (Å²) < 4.78 is 10.6. The molecule has 0 bridgehead atoms. The monoisotopic (exact) mass is 200 g/mol. The minimum Gasteiger partial charge on any atom is -0.501 e.